The van der Waals surface area contributed by atoms with Gasteiger partial charge in [-0.1, -0.05) is 12.2 Å². The van der Waals surface area contributed by atoms with Crippen LogP contribution in [-0.4, -0.2) is 23.3 Å². The van der Waals surface area contributed by atoms with E-state index >= 15 is 0 Å². The first-order chi connectivity index (χ1) is 7.16. The Bertz CT molecular complexity index is 408. The number of esters is 1. The minimum absolute atomic E-state index is 0.0317. The molecule has 5 nitrogen and oxygen atoms in total. The van der Waals surface area contributed by atoms with Crippen molar-refractivity contribution in [3.8, 4) is 0 Å². The predicted octanol–water partition coefficient (Wildman–Crippen LogP) is 0.286. The van der Waals surface area contributed by atoms with Crippen molar-refractivity contribution in [3.63, 3.8) is 0 Å². The van der Waals surface area contributed by atoms with Gasteiger partial charge < -0.3 is 14.6 Å². The Morgan fingerprint density at radius 2 is 2.07 bits per heavy atom. The maximum absolute atomic E-state index is 11.4. The highest BCUT2D eigenvalue weighted by molar-refractivity contribution is 5.85. The Hall–Kier alpha value is -1.78. The van der Waals surface area contributed by atoms with E-state index < -0.39 is 12.3 Å². The Labute approximate surface area is 85.0 Å². The average molecular weight is 208 g/mol. The van der Waals surface area contributed by atoms with Gasteiger partial charge in [0.05, 0.1) is 11.8 Å². The summed E-state index contributed by atoms with van der Waals surface area (Å²) < 4.78 is 10.1. The first-order valence-corrected chi connectivity index (χ1v) is 4.67. The Morgan fingerprint density at radius 3 is 2.80 bits per heavy atom. The molecule has 1 fully saturated rings. The molecule has 0 radical (unpaired) electrons. The van der Waals surface area contributed by atoms with Crippen molar-refractivity contribution >= 4 is 11.9 Å². The van der Waals surface area contributed by atoms with Gasteiger partial charge in [-0.05, 0) is 6.08 Å². The molecule has 2 heterocycles. The van der Waals surface area contributed by atoms with E-state index in [4.69, 9.17) is 14.6 Å². The van der Waals surface area contributed by atoms with Crippen LogP contribution in [0.5, 0.6) is 0 Å². The lowest BCUT2D eigenvalue weighted by atomic mass is 9.83. The molecular formula is C10H8O5. The highest BCUT2D eigenvalue weighted by Gasteiger charge is 2.51. The summed E-state index contributed by atoms with van der Waals surface area (Å²) in [6.45, 7) is 0. The molecule has 78 valence electrons. The maximum Gasteiger partial charge on any atom is 0.370 e. The van der Waals surface area contributed by atoms with Gasteiger partial charge in [-0.3, -0.25) is 4.79 Å². The van der Waals surface area contributed by atoms with E-state index in [9.17, 15) is 9.59 Å². The number of carbonyl (C=O) groups is 2. The zero-order valence-corrected chi connectivity index (χ0v) is 7.62. The van der Waals surface area contributed by atoms with Gasteiger partial charge in [0, 0.05) is 5.92 Å². The molecule has 0 amide bonds. The van der Waals surface area contributed by atoms with Crippen molar-refractivity contribution in [3.05, 3.63) is 24.0 Å². The first kappa shape index (κ1) is 8.52. The number of hydrogen-bond acceptors (Lipinski definition) is 4. The summed E-state index contributed by atoms with van der Waals surface area (Å²) in [4.78, 5) is 22.2. The molecule has 3 rings (SSSR count). The smallest absolute Gasteiger partial charge is 0.370 e. The van der Waals surface area contributed by atoms with Gasteiger partial charge in [-0.15, -0.1) is 0 Å². The van der Waals surface area contributed by atoms with Gasteiger partial charge >= 0.3 is 11.9 Å². The first-order valence-electron chi connectivity index (χ1n) is 4.67. The number of rotatable bonds is 1. The number of hydrogen-bond donors (Lipinski definition) is 1. The number of allylic oxidation sites excluding steroid dienone is 1. The average Bonchev–Trinajstić information content (AvgIpc) is 2.51. The summed E-state index contributed by atoms with van der Waals surface area (Å²) in [6, 6.07) is 0. The third-order valence-electron chi connectivity index (χ3n) is 3.02. The molecule has 0 saturated carbocycles. The fourth-order valence-electron chi connectivity index (χ4n) is 2.30. The van der Waals surface area contributed by atoms with E-state index in [-0.39, 0.29) is 29.5 Å². The third kappa shape index (κ3) is 1.03. The van der Waals surface area contributed by atoms with E-state index in [0.717, 1.165) is 0 Å². The monoisotopic (exact) mass is 208 g/mol. The second kappa shape index (κ2) is 2.62. The second-order valence-corrected chi connectivity index (χ2v) is 3.82. The summed E-state index contributed by atoms with van der Waals surface area (Å²) in [5.41, 5.74) is 0. The summed E-state index contributed by atoms with van der Waals surface area (Å²) in [7, 11) is 0. The molecule has 0 aromatic carbocycles. The molecule has 4 atom stereocenters. The lowest BCUT2D eigenvalue weighted by Crippen LogP contribution is -2.44. The predicted molar refractivity (Wildman–Crippen MR) is 46.3 cm³/mol. The van der Waals surface area contributed by atoms with Gasteiger partial charge in [-0.25, -0.2) is 4.79 Å². The summed E-state index contributed by atoms with van der Waals surface area (Å²) in [5.74, 6) is -2.07. The van der Waals surface area contributed by atoms with E-state index in [2.05, 4.69) is 0 Å². The number of aliphatic carboxylic acids is 1. The van der Waals surface area contributed by atoms with Crippen molar-refractivity contribution in [2.75, 3.05) is 0 Å². The van der Waals surface area contributed by atoms with Crippen molar-refractivity contribution in [2.24, 2.45) is 17.8 Å². The van der Waals surface area contributed by atoms with Crippen LogP contribution >= 0.6 is 0 Å². The quantitative estimate of drug-likeness (QED) is 0.495. The molecular weight excluding hydrogens is 200 g/mol. The van der Waals surface area contributed by atoms with Gasteiger partial charge in [0.15, 0.2) is 0 Å². The van der Waals surface area contributed by atoms with Gasteiger partial charge in [0.25, 0.3) is 6.29 Å². The lowest BCUT2D eigenvalue weighted by Gasteiger charge is -2.37. The van der Waals surface area contributed by atoms with Gasteiger partial charge in [0.2, 0.25) is 5.76 Å². The number of carbonyl (C=O) groups excluding carboxylic acids is 1. The summed E-state index contributed by atoms with van der Waals surface area (Å²) in [5, 5.41) is 8.80. The Balaban J connectivity index is 2.03. The van der Waals surface area contributed by atoms with E-state index in [1.165, 1.54) is 6.08 Å². The summed E-state index contributed by atoms with van der Waals surface area (Å²) in [6.07, 6.45) is 4.37. The van der Waals surface area contributed by atoms with Crippen LogP contribution in [0.25, 0.3) is 0 Å². The molecule has 1 N–H and O–H groups in total. The van der Waals surface area contributed by atoms with Crippen LogP contribution in [0.1, 0.15) is 0 Å². The van der Waals surface area contributed by atoms with Crippen molar-refractivity contribution < 1.29 is 24.2 Å². The molecule has 1 saturated heterocycles. The number of carboxylic acids is 1. The van der Waals surface area contributed by atoms with Crippen molar-refractivity contribution in [2.45, 2.75) is 6.29 Å². The van der Waals surface area contributed by atoms with Gasteiger partial charge in [-0.2, -0.15) is 0 Å². The molecule has 2 aliphatic heterocycles. The minimum Gasteiger partial charge on any atom is -0.475 e. The normalized spacial score (nSPS) is 40.5. The van der Waals surface area contributed by atoms with Gasteiger partial charge in [0.1, 0.15) is 0 Å². The fourth-order valence-corrected chi connectivity index (χ4v) is 2.30. The molecule has 5 heteroatoms. The molecule has 1 aliphatic carbocycles. The third-order valence-corrected chi connectivity index (χ3v) is 3.02. The number of carboxylic acid groups (broad SMARTS) is 1. The molecule has 0 aromatic heterocycles. The largest absolute Gasteiger partial charge is 0.475 e. The SMILES string of the molecule is O=C(O)C1=C[C@H]2[C@@H]3C=C[C@H]2C(=O)O[C@@H]3O1. The highest BCUT2D eigenvalue weighted by Crippen LogP contribution is 2.44. The Morgan fingerprint density at radius 1 is 1.27 bits per heavy atom. The fraction of sp³-hybridized carbons (Fsp3) is 0.400. The zero-order chi connectivity index (χ0) is 10.6. The van der Waals surface area contributed by atoms with Crippen LogP contribution in [0.15, 0.2) is 24.0 Å². The van der Waals surface area contributed by atoms with Crippen LogP contribution in [0, 0.1) is 17.8 Å². The maximum atomic E-state index is 11.4. The molecule has 3 aliphatic rings. The second-order valence-electron chi connectivity index (χ2n) is 3.82. The molecule has 0 spiro atoms. The molecule has 15 heavy (non-hydrogen) atoms. The molecule has 4 bridgehead atoms. The standard InChI is InChI=1S/C10H8O5/c11-8(12)7-3-6-4-1-2-5(6)10(14-7)15-9(4)13/h1-6,10H,(H,11,12)/t4-,5+,6-,10+/m1/s1. The highest BCUT2D eigenvalue weighted by atomic mass is 16.7. The molecule has 0 unspecified atom stereocenters. The van der Waals surface area contributed by atoms with E-state index in [1.807, 2.05) is 6.08 Å². The van der Waals surface area contributed by atoms with Crippen LogP contribution < -0.4 is 0 Å². The van der Waals surface area contributed by atoms with Crippen molar-refractivity contribution in [1.82, 2.24) is 0 Å². The lowest BCUT2D eigenvalue weighted by molar-refractivity contribution is -0.205. The Kier molecular flexibility index (Phi) is 1.49. The van der Waals surface area contributed by atoms with Crippen LogP contribution in [-0.2, 0) is 19.1 Å². The van der Waals surface area contributed by atoms with E-state index in [0.29, 0.717) is 0 Å². The van der Waals surface area contributed by atoms with Crippen molar-refractivity contribution in [1.29, 1.82) is 0 Å². The van der Waals surface area contributed by atoms with Crippen LogP contribution in [0.2, 0.25) is 0 Å². The van der Waals surface area contributed by atoms with E-state index in [1.54, 1.807) is 6.08 Å². The van der Waals surface area contributed by atoms with Crippen LogP contribution in [0.4, 0.5) is 0 Å². The topological polar surface area (TPSA) is 72.8 Å². The number of ether oxygens (including phenoxy) is 2. The van der Waals surface area contributed by atoms with Crippen LogP contribution in [0.3, 0.4) is 0 Å². The zero-order valence-electron chi connectivity index (χ0n) is 7.62. The molecule has 0 aromatic rings. The summed E-state index contributed by atoms with van der Waals surface area (Å²) >= 11 is 0. The minimum atomic E-state index is -1.12.